The van der Waals surface area contributed by atoms with Crippen molar-refractivity contribution in [3.63, 3.8) is 0 Å². The summed E-state index contributed by atoms with van der Waals surface area (Å²) in [5, 5.41) is 7.62. The molecule has 0 aliphatic rings. The summed E-state index contributed by atoms with van der Waals surface area (Å²) in [6.45, 7) is 0. The molecule has 11 heteroatoms. The van der Waals surface area contributed by atoms with E-state index in [1.165, 1.54) is 23.5 Å². The third-order valence-corrected chi connectivity index (χ3v) is 4.84. The summed E-state index contributed by atoms with van der Waals surface area (Å²) in [5.41, 5.74) is -2.46. The Morgan fingerprint density at radius 2 is 1.60 bits per heavy atom. The second kappa shape index (κ2) is 7.98. The van der Waals surface area contributed by atoms with E-state index < -0.39 is 35.0 Å². The fraction of sp³-hybridized carbons (Fsp3) is 0.158. The standard InChI is InChI=1S/C19H13F6N3OS/c1-26-17-28-15(9-30-17)10-3-2-4-14(7-10)27-16(29)11-5-12(18(20,21)22)8-13(6-11)19(23,24)25/h2-9H,1H3,(H,26,28)(H,27,29). The van der Waals surface area contributed by atoms with Crippen molar-refractivity contribution in [1.29, 1.82) is 0 Å². The van der Waals surface area contributed by atoms with Crippen LogP contribution in [-0.2, 0) is 12.4 Å². The Morgan fingerprint density at radius 1 is 0.967 bits per heavy atom. The number of nitrogens with zero attached hydrogens (tertiary/aromatic N) is 1. The largest absolute Gasteiger partial charge is 0.416 e. The Bertz CT molecular complexity index is 1040. The summed E-state index contributed by atoms with van der Waals surface area (Å²) >= 11 is 1.35. The van der Waals surface area contributed by atoms with Crippen LogP contribution in [0.5, 0.6) is 0 Å². The Morgan fingerprint density at radius 3 is 2.13 bits per heavy atom. The second-order valence-electron chi connectivity index (χ2n) is 6.12. The maximum atomic E-state index is 13.0. The van der Waals surface area contributed by atoms with Gasteiger partial charge in [0.1, 0.15) is 0 Å². The third-order valence-electron chi connectivity index (χ3n) is 3.98. The molecule has 0 aliphatic heterocycles. The van der Waals surface area contributed by atoms with Gasteiger partial charge < -0.3 is 10.6 Å². The normalized spacial score (nSPS) is 12.0. The molecule has 0 unspecified atom stereocenters. The minimum Gasteiger partial charge on any atom is -0.365 e. The first-order chi connectivity index (χ1) is 14.0. The lowest BCUT2D eigenvalue weighted by Gasteiger charge is -2.14. The van der Waals surface area contributed by atoms with Crippen LogP contribution in [0.1, 0.15) is 21.5 Å². The predicted molar refractivity (Wildman–Crippen MR) is 101 cm³/mol. The Balaban J connectivity index is 1.91. The number of thiazole rings is 1. The molecule has 0 bridgehead atoms. The van der Waals surface area contributed by atoms with Gasteiger partial charge >= 0.3 is 12.4 Å². The lowest BCUT2D eigenvalue weighted by molar-refractivity contribution is -0.143. The zero-order chi connectivity index (χ0) is 22.1. The highest BCUT2D eigenvalue weighted by molar-refractivity contribution is 7.14. The number of anilines is 2. The smallest absolute Gasteiger partial charge is 0.365 e. The van der Waals surface area contributed by atoms with Crippen LogP contribution in [0.4, 0.5) is 37.2 Å². The molecule has 4 nitrogen and oxygen atoms in total. The average molecular weight is 445 g/mol. The number of carbonyl (C=O) groups excluding carboxylic acids is 1. The van der Waals surface area contributed by atoms with Gasteiger partial charge in [0.05, 0.1) is 16.8 Å². The van der Waals surface area contributed by atoms with Crippen LogP contribution < -0.4 is 10.6 Å². The Hall–Kier alpha value is -3.08. The molecule has 0 atom stereocenters. The van der Waals surface area contributed by atoms with Gasteiger partial charge in [-0.05, 0) is 30.3 Å². The van der Waals surface area contributed by atoms with E-state index >= 15 is 0 Å². The molecule has 2 aromatic carbocycles. The summed E-state index contributed by atoms with van der Waals surface area (Å²) in [7, 11) is 1.70. The van der Waals surface area contributed by atoms with E-state index in [4.69, 9.17) is 0 Å². The van der Waals surface area contributed by atoms with Crippen molar-refractivity contribution < 1.29 is 31.1 Å². The number of aromatic nitrogens is 1. The molecule has 30 heavy (non-hydrogen) atoms. The molecular weight excluding hydrogens is 432 g/mol. The number of hydrogen-bond donors (Lipinski definition) is 2. The lowest BCUT2D eigenvalue weighted by Crippen LogP contribution is -2.17. The third kappa shape index (κ3) is 4.90. The fourth-order valence-electron chi connectivity index (χ4n) is 2.57. The van der Waals surface area contributed by atoms with Crippen LogP contribution in [0.15, 0.2) is 47.8 Å². The molecule has 0 aliphatic carbocycles. The van der Waals surface area contributed by atoms with Crippen molar-refractivity contribution in [3.05, 3.63) is 64.5 Å². The van der Waals surface area contributed by atoms with E-state index in [1.807, 2.05) is 0 Å². The number of carbonyl (C=O) groups is 1. The molecule has 158 valence electrons. The highest BCUT2D eigenvalue weighted by atomic mass is 32.1. The number of amides is 1. The van der Waals surface area contributed by atoms with Crippen molar-refractivity contribution in [1.82, 2.24) is 4.98 Å². The molecular formula is C19H13F6N3OS. The lowest BCUT2D eigenvalue weighted by atomic mass is 10.0. The van der Waals surface area contributed by atoms with Gasteiger partial charge in [-0.15, -0.1) is 11.3 Å². The molecule has 0 radical (unpaired) electrons. The van der Waals surface area contributed by atoms with Gasteiger partial charge in [0, 0.05) is 29.2 Å². The van der Waals surface area contributed by atoms with Crippen molar-refractivity contribution in [2.45, 2.75) is 12.4 Å². The minimum absolute atomic E-state index is 0.0288. The van der Waals surface area contributed by atoms with E-state index in [0.717, 1.165) is 0 Å². The zero-order valence-electron chi connectivity index (χ0n) is 15.2. The van der Waals surface area contributed by atoms with Crippen LogP contribution in [0.3, 0.4) is 0 Å². The summed E-state index contributed by atoms with van der Waals surface area (Å²) in [6.07, 6.45) is -10.1. The first kappa shape index (κ1) is 21.6. The van der Waals surface area contributed by atoms with Gasteiger partial charge in [-0.1, -0.05) is 12.1 Å². The van der Waals surface area contributed by atoms with Gasteiger partial charge in [0.25, 0.3) is 5.91 Å². The molecule has 3 aromatic rings. The van der Waals surface area contributed by atoms with Crippen LogP contribution in [0.25, 0.3) is 11.3 Å². The number of alkyl halides is 6. The fourth-order valence-corrected chi connectivity index (χ4v) is 3.25. The topological polar surface area (TPSA) is 54.0 Å². The monoisotopic (exact) mass is 445 g/mol. The molecule has 2 N–H and O–H groups in total. The van der Waals surface area contributed by atoms with E-state index in [9.17, 15) is 31.1 Å². The molecule has 1 aromatic heterocycles. The Labute approximate surface area is 170 Å². The van der Waals surface area contributed by atoms with Gasteiger partial charge in [-0.3, -0.25) is 4.79 Å². The van der Waals surface area contributed by atoms with Gasteiger partial charge in [0.2, 0.25) is 0 Å². The summed E-state index contributed by atoms with van der Waals surface area (Å²) in [5.74, 6) is -1.10. The van der Waals surface area contributed by atoms with Gasteiger partial charge in [-0.2, -0.15) is 26.3 Å². The van der Waals surface area contributed by atoms with Crippen LogP contribution >= 0.6 is 11.3 Å². The quantitative estimate of drug-likeness (QED) is 0.474. The minimum atomic E-state index is -5.04. The van der Waals surface area contributed by atoms with Crippen LogP contribution in [0.2, 0.25) is 0 Å². The SMILES string of the molecule is CNc1nc(-c2cccc(NC(=O)c3cc(C(F)(F)F)cc(C(F)(F)F)c3)c2)cs1. The molecule has 0 saturated heterocycles. The molecule has 1 amide bonds. The summed E-state index contributed by atoms with van der Waals surface area (Å²) < 4.78 is 77.9. The van der Waals surface area contributed by atoms with E-state index in [2.05, 4.69) is 15.6 Å². The molecule has 3 rings (SSSR count). The summed E-state index contributed by atoms with van der Waals surface area (Å²) in [4.78, 5) is 16.7. The van der Waals surface area contributed by atoms with E-state index in [1.54, 1.807) is 24.6 Å². The van der Waals surface area contributed by atoms with Crippen LogP contribution in [-0.4, -0.2) is 17.9 Å². The second-order valence-corrected chi connectivity index (χ2v) is 6.98. The number of benzene rings is 2. The van der Waals surface area contributed by atoms with Crippen molar-refractivity contribution >= 4 is 28.1 Å². The summed E-state index contributed by atoms with van der Waals surface area (Å²) in [6, 6.07) is 7.00. The highest BCUT2D eigenvalue weighted by Crippen LogP contribution is 2.36. The van der Waals surface area contributed by atoms with Gasteiger partial charge in [-0.25, -0.2) is 4.98 Å². The predicted octanol–water partition coefficient (Wildman–Crippen LogP) is 6.14. The Kier molecular flexibility index (Phi) is 5.75. The van der Waals surface area contributed by atoms with Crippen molar-refractivity contribution in [3.8, 4) is 11.3 Å². The first-order valence-electron chi connectivity index (χ1n) is 8.32. The maximum Gasteiger partial charge on any atom is 0.416 e. The molecule has 0 spiro atoms. The van der Waals surface area contributed by atoms with Crippen LogP contribution in [0, 0.1) is 0 Å². The maximum absolute atomic E-state index is 13.0. The zero-order valence-corrected chi connectivity index (χ0v) is 16.0. The van der Waals surface area contributed by atoms with E-state index in [0.29, 0.717) is 28.5 Å². The molecule has 1 heterocycles. The van der Waals surface area contributed by atoms with E-state index in [-0.39, 0.29) is 11.8 Å². The van der Waals surface area contributed by atoms with Crippen molar-refractivity contribution in [2.24, 2.45) is 0 Å². The van der Waals surface area contributed by atoms with Crippen molar-refractivity contribution in [2.75, 3.05) is 17.7 Å². The van der Waals surface area contributed by atoms with Gasteiger partial charge in [0.15, 0.2) is 5.13 Å². The number of nitrogens with one attached hydrogen (secondary N) is 2. The first-order valence-corrected chi connectivity index (χ1v) is 9.20. The average Bonchev–Trinajstić information content (AvgIpc) is 3.16. The molecule has 0 saturated carbocycles. The number of rotatable bonds is 4. The molecule has 0 fully saturated rings. The number of hydrogen-bond acceptors (Lipinski definition) is 4. The highest BCUT2D eigenvalue weighted by Gasteiger charge is 2.37. The number of halogens is 6.